The first-order chi connectivity index (χ1) is 12.5. The summed E-state index contributed by atoms with van der Waals surface area (Å²) in [6.07, 6.45) is 5.87. The molecule has 0 atom stereocenters. The van der Waals surface area contributed by atoms with Gasteiger partial charge in [-0.05, 0) is 42.9 Å². The molecule has 2 heterocycles. The third kappa shape index (κ3) is 2.51. The van der Waals surface area contributed by atoms with Crippen molar-refractivity contribution in [2.75, 3.05) is 0 Å². The Morgan fingerprint density at radius 3 is 2.58 bits per heavy atom. The quantitative estimate of drug-likeness (QED) is 0.664. The van der Waals surface area contributed by atoms with Gasteiger partial charge in [-0.2, -0.15) is 0 Å². The fourth-order valence-electron chi connectivity index (χ4n) is 3.67. The molecule has 3 aromatic rings. The van der Waals surface area contributed by atoms with Gasteiger partial charge in [0.25, 0.3) is 5.56 Å². The molecular formula is C19H20N4O3. The number of fused-ring (bicyclic) bond motifs is 2. The van der Waals surface area contributed by atoms with E-state index in [-0.39, 0.29) is 23.5 Å². The molecule has 1 aliphatic rings. The average Bonchev–Trinajstić information content (AvgIpc) is 3.08. The van der Waals surface area contributed by atoms with Crippen molar-refractivity contribution in [1.29, 1.82) is 0 Å². The van der Waals surface area contributed by atoms with Gasteiger partial charge in [0.05, 0.1) is 12.9 Å². The standard InChI is InChI=1S/C19H20N4O3/c1-21-17-16(18(25)22(2)19(21)26)23(11-20-17)10-15(24)14-8-7-12-5-3-4-6-13(12)9-14/h7-9,11H,3-6,10H2,1-2H3. The molecular weight excluding hydrogens is 332 g/mol. The Balaban J connectivity index is 1.73. The lowest BCUT2D eigenvalue weighted by Gasteiger charge is -2.16. The maximum atomic E-state index is 12.8. The van der Waals surface area contributed by atoms with Crippen molar-refractivity contribution in [3.63, 3.8) is 0 Å². The molecule has 0 spiro atoms. The van der Waals surface area contributed by atoms with E-state index in [2.05, 4.69) is 4.98 Å². The molecule has 0 N–H and O–H groups in total. The monoisotopic (exact) mass is 352 g/mol. The van der Waals surface area contributed by atoms with Crippen LogP contribution in [0.4, 0.5) is 0 Å². The highest BCUT2D eigenvalue weighted by Crippen LogP contribution is 2.22. The Hall–Kier alpha value is -2.96. The van der Waals surface area contributed by atoms with Gasteiger partial charge in [0.15, 0.2) is 16.9 Å². The predicted octanol–water partition coefficient (Wildman–Crippen LogP) is 1.20. The predicted molar refractivity (Wildman–Crippen MR) is 97.6 cm³/mol. The number of carbonyl (C=O) groups is 1. The first-order valence-corrected chi connectivity index (χ1v) is 8.73. The Kier molecular flexibility index (Phi) is 3.86. The highest BCUT2D eigenvalue weighted by molar-refractivity contribution is 5.96. The lowest BCUT2D eigenvalue weighted by atomic mass is 9.90. The Morgan fingerprint density at radius 1 is 1.08 bits per heavy atom. The van der Waals surface area contributed by atoms with Gasteiger partial charge in [0, 0.05) is 19.7 Å². The van der Waals surface area contributed by atoms with E-state index in [4.69, 9.17) is 0 Å². The van der Waals surface area contributed by atoms with E-state index in [0.29, 0.717) is 5.56 Å². The molecule has 0 fully saturated rings. The van der Waals surface area contributed by atoms with Crippen molar-refractivity contribution in [2.24, 2.45) is 14.1 Å². The largest absolute Gasteiger partial charge is 0.332 e. The summed E-state index contributed by atoms with van der Waals surface area (Å²) in [5.74, 6) is -0.0754. The number of rotatable bonds is 3. The van der Waals surface area contributed by atoms with Crippen LogP contribution in [0.5, 0.6) is 0 Å². The number of hydrogen-bond donors (Lipinski definition) is 0. The van der Waals surface area contributed by atoms with Crippen LogP contribution in [0.3, 0.4) is 0 Å². The molecule has 1 aliphatic carbocycles. The van der Waals surface area contributed by atoms with Gasteiger partial charge in [-0.15, -0.1) is 0 Å². The summed E-state index contributed by atoms with van der Waals surface area (Å²) in [4.78, 5) is 41.4. The highest BCUT2D eigenvalue weighted by atomic mass is 16.2. The SMILES string of the molecule is Cn1c(=O)c2c(ncn2CC(=O)c2ccc3c(c2)CCCC3)n(C)c1=O. The number of hydrogen-bond acceptors (Lipinski definition) is 4. The second-order valence-electron chi connectivity index (χ2n) is 6.86. The molecule has 0 saturated carbocycles. The number of imidazole rings is 1. The van der Waals surface area contributed by atoms with Crippen molar-refractivity contribution in [1.82, 2.24) is 18.7 Å². The molecule has 0 amide bonds. The van der Waals surface area contributed by atoms with Crippen LogP contribution in [-0.2, 0) is 33.5 Å². The lowest BCUT2D eigenvalue weighted by molar-refractivity contribution is 0.0973. The van der Waals surface area contributed by atoms with Crippen molar-refractivity contribution >= 4 is 16.9 Å². The summed E-state index contributed by atoms with van der Waals surface area (Å²) in [6, 6.07) is 5.87. The van der Waals surface area contributed by atoms with Gasteiger partial charge in [0.2, 0.25) is 0 Å². The van der Waals surface area contributed by atoms with E-state index in [9.17, 15) is 14.4 Å². The smallest absolute Gasteiger partial charge is 0.317 e. The number of ketones is 1. The molecule has 134 valence electrons. The molecule has 7 nitrogen and oxygen atoms in total. The fraction of sp³-hybridized carbons (Fsp3) is 0.368. The van der Waals surface area contributed by atoms with Gasteiger partial charge in [0.1, 0.15) is 0 Å². The third-order valence-electron chi connectivity index (χ3n) is 5.20. The number of Topliss-reactive ketones (excluding diaryl/α,β-unsaturated/α-hetero) is 1. The van der Waals surface area contributed by atoms with E-state index in [1.807, 2.05) is 18.2 Å². The van der Waals surface area contributed by atoms with Crippen LogP contribution < -0.4 is 11.2 Å². The topological polar surface area (TPSA) is 78.9 Å². The van der Waals surface area contributed by atoms with Crippen LogP contribution in [0.2, 0.25) is 0 Å². The van der Waals surface area contributed by atoms with Crippen molar-refractivity contribution in [3.05, 3.63) is 62.1 Å². The second-order valence-corrected chi connectivity index (χ2v) is 6.86. The summed E-state index contributed by atoms with van der Waals surface area (Å²) in [6.45, 7) is 0.0166. The molecule has 0 unspecified atom stereocenters. The zero-order valence-corrected chi connectivity index (χ0v) is 14.9. The first-order valence-electron chi connectivity index (χ1n) is 8.73. The molecule has 0 bridgehead atoms. The number of carbonyl (C=O) groups excluding carboxylic acids is 1. The Morgan fingerprint density at radius 2 is 1.81 bits per heavy atom. The second kappa shape index (κ2) is 6.09. The van der Waals surface area contributed by atoms with Gasteiger partial charge in [-0.3, -0.25) is 18.7 Å². The highest BCUT2D eigenvalue weighted by Gasteiger charge is 2.18. The maximum absolute atomic E-state index is 12.8. The average molecular weight is 352 g/mol. The normalized spacial score (nSPS) is 13.8. The van der Waals surface area contributed by atoms with Crippen LogP contribution in [0.15, 0.2) is 34.1 Å². The molecule has 1 aromatic carbocycles. The lowest BCUT2D eigenvalue weighted by Crippen LogP contribution is -2.37. The molecule has 0 radical (unpaired) electrons. The minimum Gasteiger partial charge on any atom is -0.317 e. The molecule has 0 saturated heterocycles. The van der Waals surface area contributed by atoms with Crippen molar-refractivity contribution in [3.8, 4) is 0 Å². The van der Waals surface area contributed by atoms with Crippen LogP contribution in [0.25, 0.3) is 11.2 Å². The molecule has 7 heteroatoms. The number of benzene rings is 1. The number of aryl methyl sites for hydroxylation is 3. The van der Waals surface area contributed by atoms with Crippen LogP contribution in [-0.4, -0.2) is 24.5 Å². The van der Waals surface area contributed by atoms with Crippen LogP contribution >= 0.6 is 0 Å². The number of aromatic nitrogens is 4. The molecule has 26 heavy (non-hydrogen) atoms. The van der Waals surface area contributed by atoms with Gasteiger partial charge in [-0.25, -0.2) is 9.78 Å². The molecule has 4 rings (SSSR count). The van der Waals surface area contributed by atoms with E-state index < -0.39 is 11.2 Å². The molecule has 0 aliphatic heterocycles. The summed E-state index contributed by atoms with van der Waals surface area (Å²) >= 11 is 0. The first kappa shape index (κ1) is 16.5. The summed E-state index contributed by atoms with van der Waals surface area (Å²) < 4.78 is 3.87. The minimum atomic E-state index is -0.446. The van der Waals surface area contributed by atoms with Gasteiger partial charge < -0.3 is 4.57 Å². The van der Waals surface area contributed by atoms with E-state index in [0.717, 1.165) is 23.8 Å². The zero-order valence-electron chi connectivity index (χ0n) is 14.9. The molecule has 2 aromatic heterocycles. The van der Waals surface area contributed by atoms with Crippen LogP contribution in [0, 0.1) is 0 Å². The van der Waals surface area contributed by atoms with E-state index in [1.165, 1.54) is 40.1 Å². The van der Waals surface area contributed by atoms with Crippen molar-refractivity contribution < 1.29 is 4.79 Å². The fourth-order valence-corrected chi connectivity index (χ4v) is 3.67. The summed E-state index contributed by atoms with van der Waals surface area (Å²) in [5, 5.41) is 0. The van der Waals surface area contributed by atoms with Gasteiger partial charge in [-0.1, -0.05) is 12.1 Å². The van der Waals surface area contributed by atoms with E-state index >= 15 is 0 Å². The third-order valence-corrected chi connectivity index (χ3v) is 5.20. The number of nitrogens with zero attached hydrogens (tertiary/aromatic N) is 4. The van der Waals surface area contributed by atoms with Crippen molar-refractivity contribution in [2.45, 2.75) is 32.2 Å². The maximum Gasteiger partial charge on any atom is 0.332 e. The van der Waals surface area contributed by atoms with E-state index in [1.54, 1.807) is 7.05 Å². The van der Waals surface area contributed by atoms with Crippen LogP contribution in [0.1, 0.15) is 34.3 Å². The minimum absolute atomic E-state index is 0.0166. The Labute approximate surface area is 149 Å². The summed E-state index contributed by atoms with van der Waals surface area (Å²) in [5.41, 5.74) is 2.89. The zero-order chi connectivity index (χ0) is 18.4. The Bertz CT molecular complexity index is 1150. The summed E-state index contributed by atoms with van der Waals surface area (Å²) in [7, 11) is 2.99. The van der Waals surface area contributed by atoms with Gasteiger partial charge >= 0.3 is 5.69 Å².